The quantitative estimate of drug-likeness (QED) is 0.371. The van der Waals surface area contributed by atoms with Gasteiger partial charge in [0.05, 0.1) is 23.6 Å². The lowest BCUT2D eigenvalue weighted by molar-refractivity contribution is -0.123. The van der Waals surface area contributed by atoms with Gasteiger partial charge in [-0.25, -0.2) is 4.98 Å². The Morgan fingerprint density at radius 2 is 1.90 bits per heavy atom. The second kappa shape index (κ2) is 10.8. The van der Waals surface area contributed by atoms with E-state index in [1.165, 1.54) is 0 Å². The van der Waals surface area contributed by atoms with Crippen LogP contribution in [0.2, 0.25) is 0 Å². The van der Waals surface area contributed by atoms with E-state index in [2.05, 4.69) is 20.5 Å². The second-order valence-corrected chi connectivity index (χ2v) is 10.2. The summed E-state index contributed by atoms with van der Waals surface area (Å²) in [6.07, 6.45) is 0.536. The molecule has 3 aromatic carbocycles. The number of rotatable bonds is 2. The third-order valence-corrected chi connectivity index (χ3v) is 7.27. The van der Waals surface area contributed by atoms with Gasteiger partial charge in [0.15, 0.2) is 6.61 Å². The fourth-order valence-corrected chi connectivity index (χ4v) is 5.12. The van der Waals surface area contributed by atoms with Crippen molar-refractivity contribution < 1.29 is 19.1 Å². The monoisotopic (exact) mass is 525 g/mol. The fourth-order valence-electron chi connectivity index (χ4n) is 5.12. The van der Waals surface area contributed by atoms with Crippen molar-refractivity contribution in [1.29, 1.82) is 0 Å². The van der Waals surface area contributed by atoms with E-state index in [-0.39, 0.29) is 30.6 Å². The molecule has 4 bridgehead atoms. The molecule has 3 aliphatic heterocycles. The van der Waals surface area contributed by atoms with Crippen molar-refractivity contribution in [2.45, 2.75) is 38.6 Å². The molecule has 1 saturated heterocycles. The van der Waals surface area contributed by atoms with Crippen LogP contribution in [0, 0.1) is 6.92 Å². The molecule has 0 unspecified atom stereocenters. The van der Waals surface area contributed by atoms with Crippen LogP contribution in [0.25, 0.3) is 11.0 Å². The van der Waals surface area contributed by atoms with E-state index in [9.17, 15) is 9.59 Å². The number of carbonyl (C=O) groups excluding carboxylic acids is 2. The number of H-pyrrole nitrogens is 1. The number of nitrogens with zero attached hydrogens (tertiary/aromatic N) is 2. The molecule has 4 aromatic rings. The Labute approximate surface area is 226 Å². The highest BCUT2D eigenvalue weighted by molar-refractivity contribution is 5.95. The van der Waals surface area contributed by atoms with Gasteiger partial charge >= 0.3 is 0 Å². The molecule has 3 N–H and O–H groups in total. The van der Waals surface area contributed by atoms with Gasteiger partial charge in [-0.2, -0.15) is 0 Å². The molecule has 7 rings (SSSR count). The Hall–Kier alpha value is -4.37. The van der Waals surface area contributed by atoms with E-state index in [1.54, 1.807) is 12.1 Å². The SMILES string of the molecule is Cc1ccc2cc1OCC(=O)NCc1ccc(cc1)O[C@H]1CCN(Cc3nc4ccccc4[nH]3)C[C@@H]1NC2=O. The first-order chi connectivity index (χ1) is 19.0. The van der Waals surface area contributed by atoms with Crippen molar-refractivity contribution in [3.63, 3.8) is 0 Å². The highest BCUT2D eigenvalue weighted by Crippen LogP contribution is 2.24. The molecule has 0 radical (unpaired) electrons. The van der Waals surface area contributed by atoms with E-state index in [1.807, 2.05) is 61.5 Å². The van der Waals surface area contributed by atoms with Crippen LogP contribution in [0.5, 0.6) is 11.5 Å². The maximum Gasteiger partial charge on any atom is 0.258 e. The summed E-state index contributed by atoms with van der Waals surface area (Å²) in [6, 6.07) is 20.7. The number of carbonyl (C=O) groups is 2. The Balaban J connectivity index is 1.26. The molecule has 0 spiro atoms. The Kier molecular flexibility index (Phi) is 6.89. The van der Waals surface area contributed by atoms with Crippen LogP contribution in [0.15, 0.2) is 66.7 Å². The van der Waals surface area contributed by atoms with Gasteiger partial charge in [0, 0.05) is 25.2 Å². The third kappa shape index (κ3) is 5.73. The van der Waals surface area contributed by atoms with Crippen LogP contribution in [-0.2, 0) is 17.9 Å². The number of likely N-dealkylation sites (tertiary alicyclic amines) is 1. The Morgan fingerprint density at radius 1 is 1.05 bits per heavy atom. The summed E-state index contributed by atoms with van der Waals surface area (Å²) in [5, 5.41) is 6.08. The molecule has 2 atom stereocenters. The summed E-state index contributed by atoms with van der Waals surface area (Å²) < 4.78 is 12.2. The molecule has 39 heavy (non-hydrogen) atoms. The van der Waals surface area contributed by atoms with Crippen molar-refractivity contribution in [2.24, 2.45) is 0 Å². The lowest BCUT2D eigenvalue weighted by Gasteiger charge is -2.38. The standard InChI is InChI=1S/C30H31N5O4/c1-19-6-9-21-14-27(19)38-18-29(36)31-15-20-7-10-22(11-8-20)39-26-12-13-35(16-25(26)34-30(21)37)17-28-32-23-4-2-3-5-24(23)33-28/h2-11,14,25-26H,12-13,15-18H2,1H3,(H,31,36)(H,32,33)(H,34,37)/t25-,26-/m0/s1. The van der Waals surface area contributed by atoms with Crippen molar-refractivity contribution in [3.05, 3.63) is 89.2 Å². The summed E-state index contributed by atoms with van der Waals surface area (Å²) >= 11 is 0. The van der Waals surface area contributed by atoms with E-state index in [0.717, 1.165) is 46.7 Å². The Morgan fingerprint density at radius 3 is 2.74 bits per heavy atom. The van der Waals surface area contributed by atoms with E-state index < -0.39 is 0 Å². The number of benzene rings is 3. The number of piperidine rings is 1. The molecule has 9 nitrogen and oxygen atoms in total. The van der Waals surface area contributed by atoms with Gasteiger partial charge in [-0.3, -0.25) is 14.5 Å². The first-order valence-electron chi connectivity index (χ1n) is 13.2. The Bertz CT molecular complexity index is 1470. The number of aryl methyl sites for hydroxylation is 1. The molecule has 1 fully saturated rings. The van der Waals surface area contributed by atoms with Crippen LogP contribution >= 0.6 is 0 Å². The molecular weight excluding hydrogens is 494 g/mol. The van der Waals surface area contributed by atoms with E-state index in [4.69, 9.17) is 14.5 Å². The summed E-state index contributed by atoms with van der Waals surface area (Å²) in [5.41, 5.74) is 4.24. The first kappa shape index (κ1) is 24.9. The molecule has 3 aliphatic rings. The molecule has 1 aromatic heterocycles. The van der Waals surface area contributed by atoms with Gasteiger partial charge in [-0.15, -0.1) is 0 Å². The van der Waals surface area contributed by atoms with Crippen LogP contribution in [0.4, 0.5) is 0 Å². The highest BCUT2D eigenvalue weighted by atomic mass is 16.5. The lowest BCUT2D eigenvalue weighted by Crippen LogP contribution is -2.56. The van der Waals surface area contributed by atoms with Gasteiger partial charge in [-0.05, 0) is 60.9 Å². The average molecular weight is 526 g/mol. The average Bonchev–Trinajstić information content (AvgIpc) is 3.35. The maximum absolute atomic E-state index is 13.4. The summed E-state index contributed by atoms with van der Waals surface area (Å²) in [6.45, 7) is 4.21. The summed E-state index contributed by atoms with van der Waals surface area (Å²) in [7, 11) is 0. The normalized spacial score (nSPS) is 20.3. The zero-order valence-corrected chi connectivity index (χ0v) is 21.8. The number of para-hydroxylation sites is 2. The molecule has 0 saturated carbocycles. The number of hydrogen-bond acceptors (Lipinski definition) is 6. The van der Waals surface area contributed by atoms with E-state index >= 15 is 0 Å². The first-order valence-corrected chi connectivity index (χ1v) is 13.2. The maximum atomic E-state index is 13.4. The minimum atomic E-state index is -0.250. The molecule has 4 heterocycles. The number of hydrogen-bond donors (Lipinski definition) is 3. The number of amides is 2. The predicted molar refractivity (Wildman–Crippen MR) is 147 cm³/mol. The van der Waals surface area contributed by atoms with Crippen LogP contribution in [0.1, 0.15) is 33.7 Å². The number of nitrogens with one attached hydrogen (secondary N) is 3. The van der Waals surface area contributed by atoms with Crippen molar-refractivity contribution in [1.82, 2.24) is 25.5 Å². The van der Waals surface area contributed by atoms with Crippen LogP contribution < -0.4 is 20.1 Å². The number of aromatic nitrogens is 2. The number of imidazole rings is 1. The number of aromatic amines is 1. The van der Waals surface area contributed by atoms with Crippen molar-refractivity contribution in [3.8, 4) is 11.5 Å². The van der Waals surface area contributed by atoms with Gasteiger partial charge in [0.1, 0.15) is 23.4 Å². The zero-order chi connectivity index (χ0) is 26.8. The minimum absolute atomic E-state index is 0.130. The molecule has 200 valence electrons. The molecule has 0 aliphatic carbocycles. The zero-order valence-electron chi connectivity index (χ0n) is 21.8. The van der Waals surface area contributed by atoms with Gasteiger partial charge < -0.3 is 25.1 Å². The van der Waals surface area contributed by atoms with Crippen LogP contribution in [-0.4, -0.2) is 58.5 Å². The topological polar surface area (TPSA) is 109 Å². The van der Waals surface area contributed by atoms with Gasteiger partial charge in [0.2, 0.25) is 0 Å². The highest BCUT2D eigenvalue weighted by Gasteiger charge is 2.33. The number of fused-ring (bicyclic) bond motifs is 8. The molecule has 2 amide bonds. The van der Waals surface area contributed by atoms with Gasteiger partial charge in [0.25, 0.3) is 11.8 Å². The molecular formula is C30H31N5O4. The third-order valence-electron chi connectivity index (χ3n) is 7.27. The molecule has 9 heteroatoms. The number of ether oxygens (including phenoxy) is 2. The van der Waals surface area contributed by atoms with E-state index in [0.29, 0.717) is 30.9 Å². The summed E-state index contributed by atoms with van der Waals surface area (Å²) in [4.78, 5) is 36.2. The smallest absolute Gasteiger partial charge is 0.258 e. The van der Waals surface area contributed by atoms with Crippen molar-refractivity contribution >= 4 is 22.8 Å². The van der Waals surface area contributed by atoms with Crippen LogP contribution in [0.3, 0.4) is 0 Å². The predicted octanol–water partition coefficient (Wildman–Crippen LogP) is 3.33. The van der Waals surface area contributed by atoms with Crippen molar-refractivity contribution in [2.75, 3.05) is 19.7 Å². The lowest BCUT2D eigenvalue weighted by atomic mass is 10.0. The minimum Gasteiger partial charge on any atom is -0.488 e. The second-order valence-electron chi connectivity index (χ2n) is 10.2. The largest absolute Gasteiger partial charge is 0.488 e. The summed E-state index contributed by atoms with van der Waals surface area (Å²) in [5.74, 6) is 1.68. The fraction of sp³-hybridized carbons (Fsp3) is 0.300. The van der Waals surface area contributed by atoms with Gasteiger partial charge in [-0.1, -0.05) is 30.3 Å².